The van der Waals surface area contributed by atoms with Crippen LogP contribution in [0.25, 0.3) is 0 Å². The van der Waals surface area contributed by atoms with Gasteiger partial charge in [0.05, 0.1) is 0 Å². The highest BCUT2D eigenvalue weighted by molar-refractivity contribution is 6.67. The van der Waals surface area contributed by atoms with Gasteiger partial charge in [0.25, 0.3) is 0 Å². The largest absolute Gasteiger partial charge is 0.192 e. The molecule has 0 spiro atoms. The Labute approximate surface area is 85.7 Å². The predicted octanol–water partition coefficient (Wildman–Crippen LogP) is 3.98. The first-order chi connectivity index (χ1) is 4.45. The minimum Gasteiger partial charge on any atom is -0.127 e. The van der Waals surface area contributed by atoms with Crippen LogP contribution < -0.4 is 0 Å². The molecule has 0 saturated carbocycles. The molecule has 0 aliphatic carbocycles. The normalized spacial score (nSPS) is 15.3. The SMILES string of the molecule is ClCCC(Cl)CC(Cl)(Cl)Cl. The molecule has 0 heterocycles. The van der Waals surface area contributed by atoms with E-state index in [9.17, 15) is 0 Å². The Kier molecular flexibility index (Phi) is 5.91. The Balaban J connectivity index is 3.47. The van der Waals surface area contributed by atoms with E-state index < -0.39 is 3.79 Å². The van der Waals surface area contributed by atoms with Crippen molar-refractivity contribution in [2.45, 2.75) is 22.0 Å². The number of rotatable bonds is 3. The van der Waals surface area contributed by atoms with Crippen molar-refractivity contribution < 1.29 is 0 Å². The van der Waals surface area contributed by atoms with Gasteiger partial charge >= 0.3 is 0 Å². The van der Waals surface area contributed by atoms with Gasteiger partial charge in [-0.1, -0.05) is 34.8 Å². The molecular weight excluding hydrogens is 237 g/mol. The standard InChI is InChI=1S/C5H7Cl5/c6-2-1-4(7)3-5(8,9)10/h4H,1-3H2. The van der Waals surface area contributed by atoms with Gasteiger partial charge in [0.15, 0.2) is 3.79 Å². The maximum absolute atomic E-state index is 5.73. The Morgan fingerprint density at radius 1 is 1.20 bits per heavy atom. The molecule has 1 atom stereocenters. The Morgan fingerprint density at radius 3 is 2.00 bits per heavy atom. The highest BCUT2D eigenvalue weighted by atomic mass is 35.6. The molecule has 0 aliphatic heterocycles. The van der Waals surface area contributed by atoms with Gasteiger partial charge in [-0.2, -0.15) is 0 Å². The van der Waals surface area contributed by atoms with Crippen LogP contribution in [0.5, 0.6) is 0 Å². The van der Waals surface area contributed by atoms with E-state index in [0.29, 0.717) is 18.7 Å². The number of hydrogen-bond donors (Lipinski definition) is 0. The summed E-state index contributed by atoms with van der Waals surface area (Å²) < 4.78 is -1.25. The van der Waals surface area contributed by atoms with Crippen LogP contribution in [0.15, 0.2) is 0 Å². The molecule has 5 heteroatoms. The summed E-state index contributed by atoms with van der Waals surface area (Å²) in [6, 6.07) is 0. The number of halogens is 5. The second-order valence-electron chi connectivity index (χ2n) is 1.89. The van der Waals surface area contributed by atoms with E-state index in [0.717, 1.165) is 0 Å². The van der Waals surface area contributed by atoms with Crippen LogP contribution in [-0.4, -0.2) is 15.0 Å². The zero-order valence-electron chi connectivity index (χ0n) is 5.09. The molecule has 0 aliphatic rings. The molecule has 0 nitrogen and oxygen atoms in total. The third-order valence-electron chi connectivity index (χ3n) is 0.875. The molecule has 0 aromatic carbocycles. The first kappa shape index (κ1) is 11.4. The van der Waals surface area contributed by atoms with Gasteiger partial charge in [0.1, 0.15) is 0 Å². The number of alkyl halides is 5. The lowest BCUT2D eigenvalue weighted by atomic mass is 10.3. The summed E-state index contributed by atoms with van der Waals surface area (Å²) in [5.74, 6) is 0.495. The quantitative estimate of drug-likeness (QED) is 0.659. The summed E-state index contributed by atoms with van der Waals surface area (Å²) in [4.78, 5) is 0. The summed E-state index contributed by atoms with van der Waals surface area (Å²) in [5.41, 5.74) is 0. The summed E-state index contributed by atoms with van der Waals surface area (Å²) in [5, 5.41) is -0.148. The third kappa shape index (κ3) is 7.56. The molecule has 62 valence electrons. The van der Waals surface area contributed by atoms with Gasteiger partial charge in [0.2, 0.25) is 0 Å². The number of hydrogen-bond acceptors (Lipinski definition) is 0. The summed E-state index contributed by atoms with van der Waals surface area (Å²) >= 11 is 27.5. The summed E-state index contributed by atoms with van der Waals surface area (Å²) in [7, 11) is 0. The minimum absolute atomic E-state index is 0.148. The predicted molar refractivity (Wildman–Crippen MR) is 49.9 cm³/mol. The average molecular weight is 244 g/mol. The first-order valence-electron chi connectivity index (χ1n) is 2.72. The maximum Gasteiger partial charge on any atom is 0.192 e. The highest BCUT2D eigenvalue weighted by Crippen LogP contribution is 2.33. The fourth-order valence-corrected chi connectivity index (χ4v) is 1.98. The van der Waals surface area contributed by atoms with Crippen molar-refractivity contribution in [1.82, 2.24) is 0 Å². The van der Waals surface area contributed by atoms with Gasteiger partial charge in [-0.05, 0) is 6.42 Å². The van der Waals surface area contributed by atoms with Crippen molar-refractivity contribution in [1.29, 1.82) is 0 Å². The van der Waals surface area contributed by atoms with Crippen LogP contribution in [0, 0.1) is 0 Å². The van der Waals surface area contributed by atoms with Crippen molar-refractivity contribution >= 4 is 58.0 Å². The van der Waals surface area contributed by atoms with Crippen molar-refractivity contribution in [3.05, 3.63) is 0 Å². The second kappa shape index (κ2) is 5.16. The van der Waals surface area contributed by atoms with E-state index in [4.69, 9.17) is 58.0 Å². The molecule has 1 unspecified atom stereocenters. The molecule has 0 N–H and O–H groups in total. The van der Waals surface area contributed by atoms with Crippen molar-refractivity contribution in [3.8, 4) is 0 Å². The first-order valence-corrected chi connectivity index (χ1v) is 4.83. The zero-order valence-corrected chi connectivity index (χ0v) is 8.87. The molecule has 10 heavy (non-hydrogen) atoms. The van der Waals surface area contributed by atoms with Gasteiger partial charge in [-0.25, -0.2) is 0 Å². The van der Waals surface area contributed by atoms with E-state index >= 15 is 0 Å². The van der Waals surface area contributed by atoms with Crippen molar-refractivity contribution in [3.63, 3.8) is 0 Å². The monoisotopic (exact) mass is 242 g/mol. The minimum atomic E-state index is -1.25. The molecule has 0 amide bonds. The lowest BCUT2D eigenvalue weighted by Gasteiger charge is -2.13. The fourth-order valence-electron chi connectivity index (χ4n) is 0.472. The van der Waals surface area contributed by atoms with Gasteiger partial charge in [-0.15, -0.1) is 23.2 Å². The van der Waals surface area contributed by atoms with Crippen molar-refractivity contribution in [2.24, 2.45) is 0 Å². The average Bonchev–Trinajstić information content (AvgIpc) is 1.59. The Hall–Kier alpha value is 1.45. The molecule has 0 aromatic heterocycles. The second-order valence-corrected chi connectivity index (χ2v) is 5.41. The van der Waals surface area contributed by atoms with Crippen molar-refractivity contribution in [2.75, 3.05) is 5.88 Å². The van der Waals surface area contributed by atoms with Gasteiger partial charge in [-0.3, -0.25) is 0 Å². The van der Waals surface area contributed by atoms with E-state index in [2.05, 4.69) is 0 Å². The van der Waals surface area contributed by atoms with E-state index in [1.54, 1.807) is 0 Å². The molecule has 0 saturated heterocycles. The van der Waals surface area contributed by atoms with Crippen LogP contribution >= 0.6 is 58.0 Å². The fraction of sp³-hybridized carbons (Fsp3) is 1.00. The topological polar surface area (TPSA) is 0 Å². The zero-order chi connectivity index (χ0) is 8.20. The highest BCUT2D eigenvalue weighted by Gasteiger charge is 2.23. The molecule has 0 rings (SSSR count). The summed E-state index contributed by atoms with van der Waals surface area (Å²) in [6.45, 7) is 0. The molecule has 0 radical (unpaired) electrons. The van der Waals surface area contributed by atoms with Crippen LogP contribution in [0.4, 0.5) is 0 Å². The maximum atomic E-state index is 5.73. The lowest BCUT2D eigenvalue weighted by Crippen LogP contribution is -2.11. The van der Waals surface area contributed by atoms with Crippen LogP contribution in [0.3, 0.4) is 0 Å². The Bertz CT molecular complexity index is 86.5. The Morgan fingerprint density at radius 2 is 1.70 bits per heavy atom. The van der Waals surface area contributed by atoms with Crippen LogP contribution in [0.1, 0.15) is 12.8 Å². The third-order valence-corrected chi connectivity index (χ3v) is 1.93. The summed E-state index contributed by atoms with van der Waals surface area (Å²) in [6.07, 6.45) is 1.00. The molecular formula is C5H7Cl5. The van der Waals surface area contributed by atoms with E-state index in [1.165, 1.54) is 0 Å². The molecule has 0 aromatic rings. The van der Waals surface area contributed by atoms with Gasteiger partial charge in [0, 0.05) is 17.7 Å². The van der Waals surface area contributed by atoms with E-state index in [-0.39, 0.29) is 5.38 Å². The van der Waals surface area contributed by atoms with Gasteiger partial charge < -0.3 is 0 Å². The van der Waals surface area contributed by atoms with Crippen LogP contribution in [0.2, 0.25) is 0 Å². The van der Waals surface area contributed by atoms with Crippen LogP contribution in [-0.2, 0) is 0 Å². The molecule has 0 fully saturated rings. The lowest BCUT2D eigenvalue weighted by molar-refractivity contribution is 0.747. The molecule has 0 bridgehead atoms. The van der Waals surface area contributed by atoms with E-state index in [1.807, 2.05) is 0 Å². The smallest absolute Gasteiger partial charge is 0.127 e.